The van der Waals surface area contributed by atoms with Gasteiger partial charge in [-0.15, -0.1) is 0 Å². The molecule has 0 saturated carbocycles. The van der Waals surface area contributed by atoms with Gasteiger partial charge in [-0.2, -0.15) is 0 Å². The van der Waals surface area contributed by atoms with Crippen molar-refractivity contribution in [1.82, 2.24) is 10.2 Å². The van der Waals surface area contributed by atoms with Gasteiger partial charge in [-0.3, -0.25) is 13.9 Å². The van der Waals surface area contributed by atoms with Gasteiger partial charge in [0, 0.05) is 41.2 Å². The van der Waals surface area contributed by atoms with Crippen molar-refractivity contribution in [2.24, 2.45) is 0 Å². The first-order valence-electron chi connectivity index (χ1n) is 16.3. The predicted octanol–water partition coefficient (Wildman–Crippen LogP) is 7.38. The molecule has 266 valence electrons. The summed E-state index contributed by atoms with van der Waals surface area (Å²) >= 11 is 13.2. The van der Waals surface area contributed by atoms with Gasteiger partial charge in [-0.25, -0.2) is 8.42 Å². The number of rotatable bonds is 16. The Morgan fingerprint density at radius 2 is 1.48 bits per heavy atom. The lowest BCUT2D eigenvalue weighted by Crippen LogP contribution is -2.53. The lowest BCUT2D eigenvalue weighted by Gasteiger charge is -2.34. The monoisotopic (exact) mass is 739 g/mol. The summed E-state index contributed by atoms with van der Waals surface area (Å²) in [6.45, 7) is 5.35. The van der Waals surface area contributed by atoms with Crippen molar-refractivity contribution < 1.29 is 27.5 Å². The predicted molar refractivity (Wildman–Crippen MR) is 199 cm³/mol. The minimum Gasteiger partial charge on any atom is -0.493 e. The van der Waals surface area contributed by atoms with Crippen LogP contribution in [-0.4, -0.2) is 58.5 Å². The maximum absolute atomic E-state index is 14.8. The first-order valence-corrected chi connectivity index (χ1v) is 18.5. The number of hydrogen-bond acceptors (Lipinski definition) is 6. The number of carbonyl (C=O) groups is 2. The van der Waals surface area contributed by atoms with Crippen LogP contribution in [0.1, 0.15) is 42.0 Å². The van der Waals surface area contributed by atoms with Gasteiger partial charge in [0.2, 0.25) is 11.8 Å². The van der Waals surface area contributed by atoms with Crippen molar-refractivity contribution in [3.8, 4) is 11.5 Å². The van der Waals surface area contributed by atoms with Crippen LogP contribution in [0.4, 0.5) is 5.69 Å². The molecule has 0 aromatic heterocycles. The number of halogens is 2. The highest BCUT2D eigenvalue weighted by atomic mass is 35.5. The van der Waals surface area contributed by atoms with Crippen molar-refractivity contribution in [2.45, 2.75) is 57.5 Å². The number of benzene rings is 4. The number of ether oxygens (including phenoxy) is 2. The molecule has 2 amide bonds. The lowest BCUT2D eigenvalue weighted by atomic mass is 10.0. The standard InChI is InChI=1S/C38H43Cl2N3O6S/c1-6-7-18-41-38(45)34(22-28-12-9-8-10-13-28)42(24-31-32(39)14-11-15-33(31)40)37(44)25-43(29-20-26(2)19-27(3)21-29)50(46,47)30-16-17-35(48-4)36(23-30)49-5/h8-17,19-21,23,34H,6-7,18,22,24-25H2,1-5H3,(H,41,45)/t34-/m0/s1. The number of carbonyl (C=O) groups excluding carboxylic acids is 2. The minimum absolute atomic E-state index is 0.110. The molecule has 0 fully saturated rings. The van der Waals surface area contributed by atoms with Crippen molar-refractivity contribution in [3.63, 3.8) is 0 Å². The van der Waals surface area contributed by atoms with Crippen LogP contribution in [-0.2, 0) is 32.6 Å². The highest BCUT2D eigenvalue weighted by molar-refractivity contribution is 7.92. The van der Waals surface area contributed by atoms with Crippen molar-refractivity contribution in [2.75, 3.05) is 31.6 Å². The van der Waals surface area contributed by atoms with Crippen LogP contribution in [0.5, 0.6) is 11.5 Å². The molecule has 9 nitrogen and oxygen atoms in total. The van der Waals surface area contributed by atoms with Gasteiger partial charge in [-0.05, 0) is 73.4 Å². The molecule has 0 aliphatic carbocycles. The minimum atomic E-state index is -4.39. The number of sulfonamides is 1. The lowest BCUT2D eigenvalue weighted by molar-refractivity contribution is -0.140. The topological polar surface area (TPSA) is 105 Å². The van der Waals surface area contributed by atoms with E-state index in [1.807, 2.05) is 57.2 Å². The second-order valence-corrected chi connectivity index (χ2v) is 14.6. The molecule has 50 heavy (non-hydrogen) atoms. The summed E-state index contributed by atoms with van der Waals surface area (Å²) in [6, 6.07) is 22.9. The third-order valence-electron chi connectivity index (χ3n) is 8.21. The van der Waals surface area contributed by atoms with E-state index in [2.05, 4.69) is 5.32 Å². The fourth-order valence-corrected chi connectivity index (χ4v) is 7.57. The molecule has 4 rings (SSSR count). The summed E-state index contributed by atoms with van der Waals surface area (Å²) in [5.74, 6) is -0.446. The Balaban J connectivity index is 1.87. The van der Waals surface area contributed by atoms with Crippen molar-refractivity contribution in [1.29, 1.82) is 0 Å². The van der Waals surface area contributed by atoms with E-state index in [9.17, 15) is 18.0 Å². The zero-order valence-corrected chi connectivity index (χ0v) is 31.2. The summed E-state index contributed by atoms with van der Waals surface area (Å²) in [5.41, 5.74) is 3.14. The number of methoxy groups -OCH3 is 2. The maximum atomic E-state index is 14.8. The summed E-state index contributed by atoms with van der Waals surface area (Å²) in [6.07, 6.45) is 1.77. The van der Waals surface area contributed by atoms with Gasteiger partial charge >= 0.3 is 0 Å². The number of hydrogen-bond donors (Lipinski definition) is 1. The third kappa shape index (κ3) is 9.50. The van der Waals surface area contributed by atoms with E-state index in [1.165, 1.54) is 37.3 Å². The Bertz CT molecular complexity index is 1870. The molecule has 0 saturated heterocycles. The Kier molecular flexibility index (Phi) is 13.6. The van der Waals surface area contributed by atoms with Crippen LogP contribution in [0.15, 0.2) is 89.8 Å². The number of aryl methyl sites for hydroxylation is 2. The quantitative estimate of drug-likeness (QED) is 0.120. The molecule has 0 aliphatic rings. The number of nitrogens with one attached hydrogen (secondary N) is 1. The van der Waals surface area contributed by atoms with Gasteiger partial charge in [0.25, 0.3) is 10.0 Å². The average Bonchev–Trinajstić information content (AvgIpc) is 3.09. The van der Waals surface area contributed by atoms with E-state index in [-0.39, 0.29) is 35.2 Å². The summed E-state index contributed by atoms with van der Waals surface area (Å²) < 4.78 is 40.9. The molecule has 0 unspecified atom stereocenters. The van der Waals surface area contributed by atoms with E-state index in [4.69, 9.17) is 32.7 Å². The molecule has 0 bridgehead atoms. The SMILES string of the molecule is CCCCNC(=O)[C@H](Cc1ccccc1)N(Cc1c(Cl)cccc1Cl)C(=O)CN(c1cc(C)cc(C)c1)S(=O)(=O)c1ccc(OC)c(OC)c1. The molecule has 0 aliphatic heterocycles. The maximum Gasteiger partial charge on any atom is 0.264 e. The smallest absolute Gasteiger partial charge is 0.264 e. The number of unbranched alkanes of at least 4 members (excludes halogenated alkanes) is 1. The number of anilines is 1. The third-order valence-corrected chi connectivity index (χ3v) is 10.7. The molecular weight excluding hydrogens is 697 g/mol. The fraction of sp³-hybridized carbons (Fsp3) is 0.316. The molecule has 0 heterocycles. The Morgan fingerprint density at radius 1 is 0.840 bits per heavy atom. The first kappa shape index (κ1) is 38.6. The van der Waals surface area contributed by atoms with Crippen LogP contribution in [0.3, 0.4) is 0 Å². The molecule has 4 aromatic carbocycles. The van der Waals surface area contributed by atoms with E-state index in [1.54, 1.807) is 30.3 Å². The van der Waals surface area contributed by atoms with Gasteiger partial charge in [-0.1, -0.05) is 79.0 Å². The van der Waals surface area contributed by atoms with Crippen LogP contribution < -0.4 is 19.1 Å². The van der Waals surface area contributed by atoms with Gasteiger partial charge in [0.05, 0.1) is 24.8 Å². The van der Waals surface area contributed by atoms with E-state index < -0.39 is 28.5 Å². The number of amides is 2. The molecule has 1 atom stereocenters. The Labute approximate surface area is 305 Å². The van der Waals surface area contributed by atoms with E-state index in [0.29, 0.717) is 27.9 Å². The second kappa shape index (κ2) is 17.6. The number of nitrogens with zero attached hydrogens (tertiary/aromatic N) is 2. The van der Waals surface area contributed by atoms with E-state index >= 15 is 0 Å². The molecule has 12 heteroatoms. The molecule has 1 N–H and O–H groups in total. The summed E-state index contributed by atoms with van der Waals surface area (Å²) in [5, 5.41) is 3.60. The van der Waals surface area contributed by atoms with Crippen molar-refractivity contribution in [3.05, 3.63) is 117 Å². The second-order valence-electron chi connectivity index (χ2n) is 11.9. The van der Waals surface area contributed by atoms with Crippen LogP contribution in [0.25, 0.3) is 0 Å². The molecule has 4 aromatic rings. The van der Waals surface area contributed by atoms with Gasteiger partial charge in [0.15, 0.2) is 11.5 Å². The summed E-state index contributed by atoms with van der Waals surface area (Å²) in [7, 11) is -1.52. The van der Waals surface area contributed by atoms with Gasteiger partial charge in [0.1, 0.15) is 12.6 Å². The Morgan fingerprint density at radius 3 is 2.08 bits per heavy atom. The molecular formula is C38H43Cl2N3O6S. The van der Waals surface area contributed by atoms with Crippen LogP contribution in [0, 0.1) is 13.8 Å². The van der Waals surface area contributed by atoms with Gasteiger partial charge < -0.3 is 19.7 Å². The highest BCUT2D eigenvalue weighted by Gasteiger charge is 2.35. The highest BCUT2D eigenvalue weighted by Crippen LogP contribution is 2.33. The molecule has 0 spiro atoms. The average molecular weight is 741 g/mol. The van der Waals surface area contributed by atoms with Crippen LogP contribution >= 0.6 is 23.2 Å². The van der Waals surface area contributed by atoms with Crippen LogP contribution in [0.2, 0.25) is 10.0 Å². The first-order chi connectivity index (χ1) is 23.9. The molecule has 0 radical (unpaired) electrons. The van der Waals surface area contributed by atoms with E-state index in [0.717, 1.165) is 33.8 Å². The largest absolute Gasteiger partial charge is 0.493 e. The zero-order chi connectivity index (χ0) is 36.4. The zero-order valence-electron chi connectivity index (χ0n) is 28.9. The normalized spacial score (nSPS) is 11.8. The summed E-state index contributed by atoms with van der Waals surface area (Å²) in [4.78, 5) is 30.1. The Hall–Kier alpha value is -4.25. The van der Waals surface area contributed by atoms with Crippen molar-refractivity contribution >= 4 is 50.7 Å². The fourth-order valence-electron chi connectivity index (χ4n) is 5.64.